The Balaban J connectivity index is 1.69. The summed E-state index contributed by atoms with van der Waals surface area (Å²) in [7, 11) is 1.83. The largest absolute Gasteiger partial charge is 0.356 e. The number of guanidine groups is 1. The molecule has 0 aromatic carbocycles. The average Bonchev–Trinajstić information content (AvgIpc) is 3.23. The predicted octanol–water partition coefficient (Wildman–Crippen LogP) is 3.28. The van der Waals surface area contributed by atoms with E-state index in [0.29, 0.717) is 6.04 Å². The molecule has 0 saturated carbocycles. The van der Waals surface area contributed by atoms with Crippen molar-refractivity contribution in [2.45, 2.75) is 58.9 Å². The van der Waals surface area contributed by atoms with Crippen LogP contribution in [-0.4, -0.2) is 43.7 Å². The smallest absolute Gasteiger partial charge is 0.191 e. The van der Waals surface area contributed by atoms with Crippen LogP contribution in [0.1, 0.15) is 52.1 Å². The molecule has 136 valence electrons. The quantitative estimate of drug-likeness (QED) is 0.557. The molecule has 1 atom stereocenters. The second-order valence-electron chi connectivity index (χ2n) is 7.08. The van der Waals surface area contributed by atoms with Gasteiger partial charge in [-0.15, -0.1) is 11.3 Å². The number of rotatable bonds is 8. The van der Waals surface area contributed by atoms with E-state index in [1.54, 1.807) is 11.3 Å². The minimum absolute atomic E-state index is 0.444. The van der Waals surface area contributed by atoms with Gasteiger partial charge in [-0.25, -0.2) is 4.98 Å². The van der Waals surface area contributed by atoms with Crippen molar-refractivity contribution in [3.05, 3.63) is 11.1 Å². The van der Waals surface area contributed by atoms with E-state index in [4.69, 9.17) is 4.98 Å². The number of aromatic nitrogens is 1. The van der Waals surface area contributed by atoms with Crippen molar-refractivity contribution in [1.82, 2.24) is 15.6 Å². The zero-order valence-electron chi connectivity index (χ0n) is 15.6. The Morgan fingerprint density at radius 3 is 2.71 bits per heavy atom. The number of aliphatic imine (C=N–C) groups is 1. The minimum Gasteiger partial charge on any atom is -0.356 e. The second kappa shape index (κ2) is 9.87. The number of thiazole rings is 1. The molecule has 0 spiro atoms. The lowest BCUT2D eigenvalue weighted by atomic mass is 10.0. The summed E-state index contributed by atoms with van der Waals surface area (Å²) in [6.07, 6.45) is 5.94. The molecule has 2 N–H and O–H groups in total. The molecule has 24 heavy (non-hydrogen) atoms. The lowest BCUT2D eigenvalue weighted by Gasteiger charge is -2.18. The molecule has 1 fully saturated rings. The highest BCUT2D eigenvalue weighted by molar-refractivity contribution is 7.13. The number of hydrogen-bond donors (Lipinski definition) is 2. The normalized spacial score (nSPS) is 16.7. The molecule has 1 unspecified atom stereocenters. The molecule has 1 aliphatic rings. The van der Waals surface area contributed by atoms with Crippen LogP contribution in [0, 0.1) is 5.92 Å². The van der Waals surface area contributed by atoms with Crippen LogP contribution in [0.2, 0.25) is 0 Å². The zero-order chi connectivity index (χ0) is 17.4. The molecule has 1 aromatic heterocycles. The first kappa shape index (κ1) is 19.0. The lowest BCUT2D eigenvalue weighted by molar-refractivity contribution is 0.489. The van der Waals surface area contributed by atoms with Crippen LogP contribution in [0.25, 0.3) is 0 Å². The fourth-order valence-corrected chi connectivity index (χ4v) is 3.77. The predicted molar refractivity (Wildman–Crippen MR) is 105 cm³/mol. The molecular formula is C18H33N5S. The lowest BCUT2D eigenvalue weighted by Crippen LogP contribution is -2.43. The van der Waals surface area contributed by atoms with E-state index in [2.05, 4.69) is 46.7 Å². The molecule has 5 nitrogen and oxygen atoms in total. The van der Waals surface area contributed by atoms with Gasteiger partial charge in [0.2, 0.25) is 0 Å². The summed E-state index contributed by atoms with van der Waals surface area (Å²) in [6, 6.07) is 0.444. The van der Waals surface area contributed by atoms with Crippen LogP contribution in [-0.2, 0) is 6.42 Å². The van der Waals surface area contributed by atoms with Gasteiger partial charge < -0.3 is 15.5 Å². The Morgan fingerprint density at radius 1 is 1.29 bits per heavy atom. The summed E-state index contributed by atoms with van der Waals surface area (Å²) in [5.74, 6) is 1.64. The van der Waals surface area contributed by atoms with E-state index in [1.807, 2.05) is 7.05 Å². The first-order valence-corrected chi connectivity index (χ1v) is 10.1. The first-order valence-electron chi connectivity index (χ1n) is 9.25. The summed E-state index contributed by atoms with van der Waals surface area (Å²) >= 11 is 1.77. The third-order valence-electron chi connectivity index (χ3n) is 4.37. The number of hydrogen-bond acceptors (Lipinski definition) is 4. The topological polar surface area (TPSA) is 52.6 Å². The van der Waals surface area contributed by atoms with Crippen molar-refractivity contribution in [2.75, 3.05) is 31.6 Å². The molecular weight excluding hydrogens is 318 g/mol. The number of nitrogens with one attached hydrogen (secondary N) is 2. The summed E-state index contributed by atoms with van der Waals surface area (Å²) < 4.78 is 0. The Hall–Kier alpha value is -1.30. The number of nitrogens with zero attached hydrogens (tertiary/aromatic N) is 3. The Morgan fingerprint density at radius 2 is 2.04 bits per heavy atom. The Bertz CT molecular complexity index is 505. The van der Waals surface area contributed by atoms with Crippen molar-refractivity contribution >= 4 is 22.4 Å². The fourth-order valence-electron chi connectivity index (χ4n) is 2.86. The van der Waals surface area contributed by atoms with E-state index in [1.165, 1.54) is 36.5 Å². The fraction of sp³-hybridized carbons (Fsp3) is 0.778. The van der Waals surface area contributed by atoms with Crippen molar-refractivity contribution in [2.24, 2.45) is 10.9 Å². The van der Waals surface area contributed by atoms with Crippen molar-refractivity contribution in [1.29, 1.82) is 0 Å². The zero-order valence-corrected chi connectivity index (χ0v) is 16.5. The van der Waals surface area contributed by atoms with Crippen molar-refractivity contribution < 1.29 is 0 Å². The molecule has 0 radical (unpaired) electrons. The molecule has 1 aromatic rings. The molecule has 6 heteroatoms. The molecule has 0 aliphatic carbocycles. The average molecular weight is 352 g/mol. The summed E-state index contributed by atoms with van der Waals surface area (Å²) in [4.78, 5) is 11.5. The third kappa shape index (κ3) is 6.30. The van der Waals surface area contributed by atoms with Gasteiger partial charge in [0, 0.05) is 44.5 Å². The van der Waals surface area contributed by atoms with Crippen LogP contribution in [0.15, 0.2) is 10.4 Å². The SMILES string of the molecule is CN=C(NCCc1csc(N2CCCC2)n1)NC(C)CCC(C)C. The highest BCUT2D eigenvalue weighted by Gasteiger charge is 2.15. The third-order valence-corrected chi connectivity index (χ3v) is 5.32. The van der Waals surface area contributed by atoms with Gasteiger partial charge in [0.1, 0.15) is 0 Å². The summed E-state index contributed by atoms with van der Waals surface area (Å²) in [6.45, 7) is 9.94. The first-order chi connectivity index (χ1) is 11.6. The van der Waals surface area contributed by atoms with Gasteiger partial charge in [-0.2, -0.15) is 0 Å². The molecule has 1 aliphatic heterocycles. The minimum atomic E-state index is 0.444. The number of anilines is 1. The van der Waals surface area contributed by atoms with Crippen LogP contribution >= 0.6 is 11.3 Å². The molecule has 0 bridgehead atoms. The Labute approximate surface area is 151 Å². The van der Waals surface area contributed by atoms with Gasteiger partial charge >= 0.3 is 0 Å². The van der Waals surface area contributed by atoms with Crippen LogP contribution in [0.5, 0.6) is 0 Å². The van der Waals surface area contributed by atoms with Crippen molar-refractivity contribution in [3.63, 3.8) is 0 Å². The van der Waals surface area contributed by atoms with E-state index in [0.717, 1.165) is 37.9 Å². The van der Waals surface area contributed by atoms with Gasteiger partial charge in [0.15, 0.2) is 11.1 Å². The summed E-state index contributed by atoms with van der Waals surface area (Å²) in [5.41, 5.74) is 1.18. The molecule has 1 saturated heterocycles. The van der Waals surface area contributed by atoms with E-state index < -0.39 is 0 Å². The van der Waals surface area contributed by atoms with E-state index in [9.17, 15) is 0 Å². The van der Waals surface area contributed by atoms with Gasteiger partial charge in [-0.05, 0) is 38.5 Å². The maximum Gasteiger partial charge on any atom is 0.191 e. The highest BCUT2D eigenvalue weighted by Crippen LogP contribution is 2.24. The summed E-state index contributed by atoms with van der Waals surface area (Å²) in [5, 5.41) is 10.3. The van der Waals surface area contributed by atoms with E-state index >= 15 is 0 Å². The molecule has 2 rings (SSSR count). The van der Waals surface area contributed by atoms with E-state index in [-0.39, 0.29) is 0 Å². The van der Waals surface area contributed by atoms with Crippen LogP contribution < -0.4 is 15.5 Å². The molecule has 2 heterocycles. The second-order valence-corrected chi connectivity index (χ2v) is 7.92. The monoisotopic (exact) mass is 351 g/mol. The van der Waals surface area contributed by atoms with Gasteiger partial charge in [0.05, 0.1) is 5.69 Å². The Kier molecular flexibility index (Phi) is 7.82. The maximum atomic E-state index is 4.77. The van der Waals surface area contributed by atoms with Gasteiger partial charge in [-0.3, -0.25) is 4.99 Å². The van der Waals surface area contributed by atoms with Crippen LogP contribution in [0.3, 0.4) is 0 Å². The standard InChI is InChI=1S/C18H33N5S/c1-14(2)7-8-15(3)21-17(19-4)20-10-9-16-13-24-18(22-16)23-11-5-6-12-23/h13-15H,5-12H2,1-4H3,(H2,19,20,21). The van der Waals surface area contributed by atoms with Crippen LogP contribution in [0.4, 0.5) is 5.13 Å². The van der Waals surface area contributed by atoms with Crippen molar-refractivity contribution in [3.8, 4) is 0 Å². The highest BCUT2D eigenvalue weighted by atomic mass is 32.1. The maximum absolute atomic E-state index is 4.77. The van der Waals surface area contributed by atoms with Gasteiger partial charge in [-0.1, -0.05) is 13.8 Å². The van der Waals surface area contributed by atoms with Gasteiger partial charge in [0.25, 0.3) is 0 Å². The molecule has 0 amide bonds.